The molecule has 0 aromatic rings. The van der Waals surface area contributed by atoms with E-state index in [0.717, 1.165) is 43.9 Å². The van der Waals surface area contributed by atoms with E-state index in [-0.39, 0.29) is 0 Å². The Bertz CT molecular complexity index is 280. The first-order valence-corrected chi connectivity index (χ1v) is 7.79. The lowest BCUT2D eigenvalue weighted by Crippen LogP contribution is -2.36. The SMILES string of the molecule is COCCOCCCCNC(C)C1CC2C=CC1C2. The van der Waals surface area contributed by atoms with Crippen LogP contribution in [0.15, 0.2) is 12.2 Å². The van der Waals surface area contributed by atoms with Crippen LogP contribution in [0.2, 0.25) is 0 Å². The number of unbranched alkanes of at least 4 members (excludes halogenated alkanes) is 1. The summed E-state index contributed by atoms with van der Waals surface area (Å²) in [7, 11) is 1.71. The molecule has 1 saturated carbocycles. The molecule has 2 aliphatic carbocycles. The highest BCUT2D eigenvalue weighted by Gasteiger charge is 2.38. The first-order chi connectivity index (χ1) is 9.31. The highest BCUT2D eigenvalue weighted by Crippen LogP contribution is 2.44. The van der Waals surface area contributed by atoms with Gasteiger partial charge in [-0.3, -0.25) is 0 Å². The van der Waals surface area contributed by atoms with Crippen molar-refractivity contribution in [3.63, 3.8) is 0 Å². The van der Waals surface area contributed by atoms with Crippen molar-refractivity contribution in [2.24, 2.45) is 17.8 Å². The number of hydrogen-bond acceptors (Lipinski definition) is 3. The lowest BCUT2D eigenvalue weighted by atomic mass is 9.87. The molecule has 0 spiro atoms. The summed E-state index contributed by atoms with van der Waals surface area (Å²) in [6.45, 7) is 5.75. The molecular weight excluding hydrogens is 238 g/mol. The Morgan fingerprint density at radius 1 is 1.16 bits per heavy atom. The van der Waals surface area contributed by atoms with Crippen LogP contribution in [-0.2, 0) is 9.47 Å². The van der Waals surface area contributed by atoms with Crippen LogP contribution < -0.4 is 5.32 Å². The minimum atomic E-state index is 0.661. The van der Waals surface area contributed by atoms with Crippen molar-refractivity contribution >= 4 is 0 Å². The molecule has 0 aliphatic heterocycles. The van der Waals surface area contributed by atoms with E-state index in [4.69, 9.17) is 9.47 Å². The van der Waals surface area contributed by atoms with Gasteiger partial charge in [-0.15, -0.1) is 0 Å². The Hall–Kier alpha value is -0.380. The number of ether oxygens (including phenoxy) is 2. The smallest absolute Gasteiger partial charge is 0.0700 e. The van der Waals surface area contributed by atoms with Crippen LogP contribution in [-0.4, -0.2) is 39.5 Å². The normalized spacial score (nSPS) is 30.1. The van der Waals surface area contributed by atoms with E-state index in [0.29, 0.717) is 12.6 Å². The van der Waals surface area contributed by atoms with Gasteiger partial charge in [-0.1, -0.05) is 12.2 Å². The first-order valence-electron chi connectivity index (χ1n) is 7.79. The van der Waals surface area contributed by atoms with Gasteiger partial charge in [-0.05, 0) is 56.9 Å². The van der Waals surface area contributed by atoms with Crippen LogP contribution in [0.25, 0.3) is 0 Å². The lowest BCUT2D eigenvalue weighted by molar-refractivity contribution is 0.0687. The van der Waals surface area contributed by atoms with Gasteiger partial charge in [-0.25, -0.2) is 0 Å². The van der Waals surface area contributed by atoms with E-state index in [1.807, 2.05) is 0 Å². The van der Waals surface area contributed by atoms with E-state index in [1.165, 1.54) is 19.3 Å². The van der Waals surface area contributed by atoms with Crippen molar-refractivity contribution in [3.8, 4) is 0 Å². The summed E-state index contributed by atoms with van der Waals surface area (Å²) in [6.07, 6.45) is 10.0. The molecule has 4 unspecified atom stereocenters. The summed E-state index contributed by atoms with van der Waals surface area (Å²) in [5.41, 5.74) is 0. The van der Waals surface area contributed by atoms with Gasteiger partial charge in [-0.2, -0.15) is 0 Å². The van der Waals surface area contributed by atoms with Crippen molar-refractivity contribution in [1.29, 1.82) is 0 Å². The van der Waals surface area contributed by atoms with Gasteiger partial charge in [0, 0.05) is 19.8 Å². The largest absolute Gasteiger partial charge is 0.382 e. The Morgan fingerprint density at radius 2 is 2.05 bits per heavy atom. The summed E-state index contributed by atoms with van der Waals surface area (Å²) in [6, 6.07) is 0.661. The van der Waals surface area contributed by atoms with E-state index in [2.05, 4.69) is 24.4 Å². The van der Waals surface area contributed by atoms with E-state index < -0.39 is 0 Å². The van der Waals surface area contributed by atoms with Gasteiger partial charge in [0.2, 0.25) is 0 Å². The number of allylic oxidation sites excluding steroid dienone is 2. The Labute approximate surface area is 117 Å². The molecule has 2 bridgehead atoms. The molecule has 0 radical (unpaired) electrons. The minimum absolute atomic E-state index is 0.661. The summed E-state index contributed by atoms with van der Waals surface area (Å²) in [4.78, 5) is 0. The van der Waals surface area contributed by atoms with Crippen molar-refractivity contribution in [2.45, 2.75) is 38.6 Å². The molecule has 1 N–H and O–H groups in total. The van der Waals surface area contributed by atoms with Crippen molar-refractivity contribution in [1.82, 2.24) is 5.32 Å². The zero-order valence-electron chi connectivity index (χ0n) is 12.4. The first kappa shape index (κ1) is 15.0. The number of fused-ring (bicyclic) bond motifs is 2. The third kappa shape index (κ3) is 4.59. The molecule has 2 rings (SSSR count). The average Bonchev–Trinajstić information content (AvgIpc) is 3.04. The summed E-state index contributed by atoms with van der Waals surface area (Å²) in [5, 5.41) is 3.70. The van der Waals surface area contributed by atoms with Crippen LogP contribution in [0.4, 0.5) is 0 Å². The fraction of sp³-hybridized carbons (Fsp3) is 0.875. The van der Waals surface area contributed by atoms with Gasteiger partial charge < -0.3 is 14.8 Å². The van der Waals surface area contributed by atoms with Crippen LogP contribution in [0.3, 0.4) is 0 Å². The lowest BCUT2D eigenvalue weighted by Gasteiger charge is -2.26. The van der Waals surface area contributed by atoms with Gasteiger partial charge >= 0.3 is 0 Å². The maximum Gasteiger partial charge on any atom is 0.0700 e. The molecule has 1 fully saturated rings. The monoisotopic (exact) mass is 267 g/mol. The molecule has 0 aromatic heterocycles. The van der Waals surface area contributed by atoms with Gasteiger partial charge in [0.25, 0.3) is 0 Å². The molecular formula is C16H29NO2. The highest BCUT2D eigenvalue weighted by molar-refractivity contribution is 5.11. The standard InChI is InChI=1S/C16H29NO2/c1-13(16-12-14-5-6-15(16)11-14)17-7-3-4-8-19-10-9-18-2/h5-6,13-17H,3-4,7-12H2,1-2H3. The second kappa shape index (κ2) is 8.03. The molecule has 19 heavy (non-hydrogen) atoms. The second-order valence-electron chi connectivity index (χ2n) is 6.00. The molecule has 2 aliphatic rings. The zero-order valence-corrected chi connectivity index (χ0v) is 12.4. The van der Waals surface area contributed by atoms with Gasteiger partial charge in [0.05, 0.1) is 13.2 Å². The molecule has 0 amide bonds. The van der Waals surface area contributed by atoms with Crippen molar-refractivity contribution in [2.75, 3.05) is 33.5 Å². The number of nitrogens with one attached hydrogen (secondary N) is 1. The van der Waals surface area contributed by atoms with Crippen LogP contribution in [0.1, 0.15) is 32.6 Å². The Kier molecular flexibility index (Phi) is 6.35. The quantitative estimate of drug-likeness (QED) is 0.487. The second-order valence-corrected chi connectivity index (χ2v) is 6.00. The highest BCUT2D eigenvalue weighted by atomic mass is 16.5. The summed E-state index contributed by atoms with van der Waals surface area (Å²) >= 11 is 0. The van der Waals surface area contributed by atoms with Gasteiger partial charge in [0.1, 0.15) is 0 Å². The third-order valence-corrected chi connectivity index (χ3v) is 4.59. The average molecular weight is 267 g/mol. The third-order valence-electron chi connectivity index (χ3n) is 4.59. The predicted molar refractivity (Wildman–Crippen MR) is 78.2 cm³/mol. The minimum Gasteiger partial charge on any atom is -0.382 e. The molecule has 4 atom stereocenters. The van der Waals surface area contributed by atoms with Crippen LogP contribution >= 0.6 is 0 Å². The number of hydrogen-bond donors (Lipinski definition) is 1. The van der Waals surface area contributed by atoms with Crippen LogP contribution in [0, 0.1) is 17.8 Å². The molecule has 0 heterocycles. The topological polar surface area (TPSA) is 30.5 Å². The molecule has 3 nitrogen and oxygen atoms in total. The molecule has 110 valence electrons. The fourth-order valence-electron chi connectivity index (χ4n) is 3.45. The summed E-state index contributed by atoms with van der Waals surface area (Å²) < 4.78 is 10.4. The van der Waals surface area contributed by atoms with Crippen molar-refractivity contribution < 1.29 is 9.47 Å². The number of methoxy groups -OCH3 is 1. The predicted octanol–water partition coefficient (Wildman–Crippen LogP) is 2.62. The van der Waals surface area contributed by atoms with Crippen LogP contribution in [0.5, 0.6) is 0 Å². The molecule has 0 saturated heterocycles. The fourth-order valence-corrected chi connectivity index (χ4v) is 3.45. The molecule has 0 aromatic carbocycles. The van der Waals surface area contributed by atoms with E-state index >= 15 is 0 Å². The van der Waals surface area contributed by atoms with Crippen molar-refractivity contribution in [3.05, 3.63) is 12.2 Å². The number of rotatable bonds is 10. The Morgan fingerprint density at radius 3 is 2.74 bits per heavy atom. The Balaban J connectivity index is 1.46. The maximum atomic E-state index is 5.46. The van der Waals surface area contributed by atoms with E-state index in [1.54, 1.807) is 7.11 Å². The summed E-state index contributed by atoms with van der Waals surface area (Å²) in [5.74, 6) is 2.60. The zero-order chi connectivity index (χ0) is 13.5. The molecule has 3 heteroatoms. The maximum absolute atomic E-state index is 5.46. The van der Waals surface area contributed by atoms with Gasteiger partial charge in [0.15, 0.2) is 0 Å². The van der Waals surface area contributed by atoms with E-state index in [9.17, 15) is 0 Å².